The summed E-state index contributed by atoms with van der Waals surface area (Å²) in [7, 11) is -8.28. The molecule has 0 bridgehead atoms. The molecule has 0 saturated carbocycles. The van der Waals surface area contributed by atoms with E-state index in [1.54, 1.807) is 0 Å². The van der Waals surface area contributed by atoms with Crippen LogP contribution >= 0.6 is 0 Å². The van der Waals surface area contributed by atoms with Gasteiger partial charge in [-0.2, -0.15) is 16.8 Å². The second-order valence-electron chi connectivity index (χ2n) is 3.22. The molecule has 0 rings (SSSR count). The second-order valence-corrected chi connectivity index (χ2v) is 6.70. The molecule has 0 aromatic rings. The van der Waals surface area contributed by atoms with Crippen molar-refractivity contribution >= 4 is 49.8 Å². The monoisotopic (exact) mass is 300 g/mol. The van der Waals surface area contributed by atoms with Crippen LogP contribution in [0.4, 0.5) is 0 Å². The molecule has 0 heterocycles. The van der Waals surface area contributed by atoms with E-state index in [0.29, 0.717) is 0 Å². The number of hydrogen-bond donors (Lipinski definition) is 4. The van der Waals surface area contributed by atoms with Crippen molar-refractivity contribution in [2.24, 2.45) is 0 Å². The zero-order valence-corrected chi connectivity index (χ0v) is 10.5. The summed E-state index contributed by atoms with van der Waals surface area (Å²) in [4.78, 5) is 0. The third-order valence-electron chi connectivity index (χ3n) is 1.88. The van der Waals surface area contributed by atoms with Crippen molar-refractivity contribution < 1.29 is 25.9 Å². The van der Waals surface area contributed by atoms with Crippen LogP contribution in [0.5, 0.6) is 0 Å². The van der Waals surface area contributed by atoms with Crippen molar-refractivity contribution in [2.75, 3.05) is 13.1 Å². The number of hydrogen-bond acceptors (Lipinski definition) is 6. The molecule has 2 unspecified atom stereocenters. The topological polar surface area (TPSA) is 133 Å². The van der Waals surface area contributed by atoms with E-state index in [4.69, 9.17) is 9.11 Å². The first kappa shape index (κ1) is 20.1. The SMILES string of the molecule is CC(NCCNC(C)S(=O)(=O)O)S(=O)(=O)O.[NaH]. The van der Waals surface area contributed by atoms with Crippen LogP contribution in [0, 0.1) is 0 Å². The van der Waals surface area contributed by atoms with Gasteiger partial charge in [-0.3, -0.25) is 19.7 Å². The van der Waals surface area contributed by atoms with E-state index in [9.17, 15) is 16.8 Å². The van der Waals surface area contributed by atoms with E-state index in [0.717, 1.165) is 0 Å². The summed E-state index contributed by atoms with van der Waals surface area (Å²) in [5, 5.41) is 2.65. The first-order chi connectivity index (χ1) is 7.05. The van der Waals surface area contributed by atoms with Gasteiger partial charge in [-0.1, -0.05) is 0 Å². The molecule has 11 heteroatoms. The van der Waals surface area contributed by atoms with Gasteiger partial charge in [-0.25, -0.2) is 0 Å². The fourth-order valence-electron chi connectivity index (χ4n) is 0.761. The Kier molecular flexibility index (Phi) is 9.47. The molecule has 0 amide bonds. The summed E-state index contributed by atoms with van der Waals surface area (Å²) in [5.41, 5.74) is 0. The molecule has 2 atom stereocenters. The molecule has 0 saturated heterocycles. The molecule has 100 valence electrons. The van der Waals surface area contributed by atoms with Crippen molar-refractivity contribution in [3.8, 4) is 0 Å². The number of rotatable bonds is 7. The van der Waals surface area contributed by atoms with Gasteiger partial charge in [-0.15, -0.1) is 0 Å². The molecule has 0 fully saturated rings. The van der Waals surface area contributed by atoms with Gasteiger partial charge in [0.2, 0.25) is 0 Å². The van der Waals surface area contributed by atoms with E-state index < -0.39 is 31.0 Å². The molecule has 0 radical (unpaired) electrons. The Hall–Kier alpha value is 0.740. The molecule has 0 aliphatic carbocycles. The Labute approximate surface area is 123 Å². The average Bonchev–Trinajstić information content (AvgIpc) is 2.08. The van der Waals surface area contributed by atoms with Gasteiger partial charge in [0.05, 0.1) is 0 Å². The summed E-state index contributed by atoms with van der Waals surface area (Å²) in [6, 6.07) is 0. The van der Waals surface area contributed by atoms with Crippen LogP contribution in [0.3, 0.4) is 0 Å². The Balaban J connectivity index is 0. The second kappa shape index (κ2) is 8.02. The molecule has 0 aliphatic heterocycles. The maximum atomic E-state index is 10.6. The first-order valence-corrected chi connectivity index (χ1v) is 7.45. The molecular formula is C6H17N2NaO6S2. The molecule has 8 nitrogen and oxygen atoms in total. The van der Waals surface area contributed by atoms with Crippen molar-refractivity contribution in [1.82, 2.24) is 10.6 Å². The standard InChI is InChI=1S/C6H16N2O6S2.Na.H/c1-5(15(9,10)11)7-3-4-8-6(2)16(12,13)14;;/h5-8H,3-4H2,1-2H3,(H,9,10,11)(H,12,13,14);;. The van der Waals surface area contributed by atoms with Gasteiger partial charge in [0.25, 0.3) is 20.2 Å². The van der Waals surface area contributed by atoms with Crippen molar-refractivity contribution in [2.45, 2.75) is 24.6 Å². The molecule has 0 spiro atoms. The summed E-state index contributed by atoms with van der Waals surface area (Å²) in [5.74, 6) is 0. The van der Waals surface area contributed by atoms with Gasteiger partial charge < -0.3 is 0 Å². The molecular weight excluding hydrogens is 283 g/mol. The fourth-order valence-corrected chi connectivity index (χ4v) is 1.42. The normalized spacial score (nSPS) is 16.0. The van der Waals surface area contributed by atoms with Crippen LogP contribution in [-0.2, 0) is 20.2 Å². The van der Waals surface area contributed by atoms with Crippen molar-refractivity contribution in [3.63, 3.8) is 0 Å². The summed E-state index contributed by atoms with van der Waals surface area (Å²) >= 11 is 0. The van der Waals surface area contributed by atoms with Gasteiger partial charge in [-0.05, 0) is 13.8 Å². The van der Waals surface area contributed by atoms with Crippen molar-refractivity contribution in [3.05, 3.63) is 0 Å². The minimum absolute atomic E-state index is 0. The van der Waals surface area contributed by atoms with Gasteiger partial charge in [0, 0.05) is 13.1 Å². The van der Waals surface area contributed by atoms with Crippen LogP contribution < -0.4 is 10.6 Å². The van der Waals surface area contributed by atoms with Crippen LogP contribution in [0.25, 0.3) is 0 Å². The van der Waals surface area contributed by atoms with Gasteiger partial charge in [0.1, 0.15) is 10.7 Å². The van der Waals surface area contributed by atoms with Crippen molar-refractivity contribution in [1.29, 1.82) is 0 Å². The Bertz CT molecular complexity index is 368. The number of nitrogens with one attached hydrogen (secondary N) is 2. The van der Waals surface area contributed by atoms with E-state index in [1.807, 2.05) is 0 Å². The van der Waals surface area contributed by atoms with Crippen LogP contribution in [-0.4, -0.2) is 79.3 Å². The van der Waals surface area contributed by atoms with Gasteiger partial charge >= 0.3 is 29.6 Å². The average molecular weight is 300 g/mol. The Morgan fingerprint density at radius 2 is 1.12 bits per heavy atom. The minimum atomic E-state index is -4.14. The Morgan fingerprint density at radius 1 is 0.882 bits per heavy atom. The van der Waals surface area contributed by atoms with E-state index >= 15 is 0 Å². The van der Waals surface area contributed by atoms with E-state index in [1.165, 1.54) is 13.8 Å². The predicted molar refractivity (Wildman–Crippen MR) is 65.2 cm³/mol. The van der Waals surface area contributed by atoms with Crippen LogP contribution in [0.1, 0.15) is 13.8 Å². The zero-order valence-electron chi connectivity index (χ0n) is 8.91. The van der Waals surface area contributed by atoms with Crippen LogP contribution in [0.15, 0.2) is 0 Å². The molecule has 0 aromatic heterocycles. The molecule has 17 heavy (non-hydrogen) atoms. The third kappa shape index (κ3) is 9.33. The van der Waals surface area contributed by atoms with Gasteiger partial charge in [0.15, 0.2) is 0 Å². The molecule has 0 aliphatic rings. The van der Waals surface area contributed by atoms with Crippen LogP contribution in [0.2, 0.25) is 0 Å². The maximum absolute atomic E-state index is 10.6. The quantitative estimate of drug-likeness (QED) is 0.241. The zero-order chi connectivity index (χ0) is 13.0. The predicted octanol–water partition coefficient (Wildman–Crippen LogP) is -2.02. The third-order valence-corrected chi connectivity index (χ3v) is 4.00. The summed E-state index contributed by atoms with van der Waals surface area (Å²) in [6.45, 7) is 2.75. The first-order valence-electron chi connectivity index (χ1n) is 4.44. The fraction of sp³-hybridized carbons (Fsp3) is 1.00. The Morgan fingerprint density at radius 3 is 1.29 bits per heavy atom. The van der Waals surface area contributed by atoms with E-state index in [-0.39, 0.29) is 42.6 Å². The molecule has 0 aromatic carbocycles. The molecule has 4 N–H and O–H groups in total. The summed E-state index contributed by atoms with van der Waals surface area (Å²) < 4.78 is 59.4. The van der Waals surface area contributed by atoms with E-state index in [2.05, 4.69) is 10.6 Å². The summed E-state index contributed by atoms with van der Waals surface area (Å²) in [6.07, 6.45) is 0.